The molecule has 4 aromatic rings. The lowest BCUT2D eigenvalue weighted by molar-refractivity contribution is 0.571. The summed E-state index contributed by atoms with van der Waals surface area (Å²) in [6.07, 6.45) is 8.71. The van der Waals surface area contributed by atoms with Gasteiger partial charge in [0.05, 0.1) is 11.9 Å². The Balaban J connectivity index is 1.40. The predicted molar refractivity (Wildman–Crippen MR) is 101 cm³/mol. The van der Waals surface area contributed by atoms with Crippen LogP contribution >= 0.6 is 0 Å². The van der Waals surface area contributed by atoms with Crippen molar-refractivity contribution in [3.63, 3.8) is 0 Å². The first-order chi connectivity index (χ1) is 12.7. The first-order valence-corrected chi connectivity index (χ1v) is 8.84. The van der Waals surface area contributed by atoms with Crippen molar-refractivity contribution >= 4 is 5.65 Å². The number of hydrogen-bond donors (Lipinski definition) is 1. The van der Waals surface area contributed by atoms with E-state index < -0.39 is 0 Å². The normalized spacial score (nSPS) is 12.5. The zero-order valence-electron chi connectivity index (χ0n) is 15.0. The summed E-state index contributed by atoms with van der Waals surface area (Å²) in [6.45, 7) is 5.10. The van der Waals surface area contributed by atoms with Gasteiger partial charge in [-0.05, 0) is 38.1 Å². The van der Waals surface area contributed by atoms with E-state index in [1.54, 1.807) is 6.20 Å². The largest absolute Gasteiger partial charge is 0.310 e. The summed E-state index contributed by atoms with van der Waals surface area (Å²) in [5.74, 6) is 0.841. The topological polar surface area (TPSA) is 60.0 Å². The van der Waals surface area contributed by atoms with Crippen LogP contribution in [0.1, 0.15) is 29.9 Å². The second-order valence-corrected chi connectivity index (χ2v) is 6.41. The minimum Gasteiger partial charge on any atom is -0.310 e. The smallest absolute Gasteiger partial charge is 0.153 e. The highest BCUT2D eigenvalue weighted by Crippen LogP contribution is 2.19. The van der Waals surface area contributed by atoms with Gasteiger partial charge in [-0.3, -0.25) is 0 Å². The first kappa shape index (κ1) is 16.5. The van der Waals surface area contributed by atoms with E-state index in [-0.39, 0.29) is 6.04 Å². The van der Waals surface area contributed by atoms with Gasteiger partial charge < -0.3 is 9.72 Å². The molecule has 0 unspecified atom stereocenters. The highest BCUT2D eigenvalue weighted by atomic mass is 15.3. The van der Waals surface area contributed by atoms with Gasteiger partial charge in [0.2, 0.25) is 0 Å². The van der Waals surface area contributed by atoms with Gasteiger partial charge in [0, 0.05) is 48.9 Å². The van der Waals surface area contributed by atoms with Gasteiger partial charge >= 0.3 is 0 Å². The third-order valence-corrected chi connectivity index (χ3v) is 4.63. The van der Waals surface area contributed by atoms with E-state index in [2.05, 4.69) is 44.8 Å². The molecule has 0 aromatic carbocycles. The Kier molecular flexibility index (Phi) is 4.50. The minimum absolute atomic E-state index is 0.212. The zero-order valence-corrected chi connectivity index (χ0v) is 15.0. The van der Waals surface area contributed by atoms with Crippen LogP contribution < -0.4 is 5.32 Å². The molecule has 0 spiro atoms. The monoisotopic (exact) mass is 346 g/mol. The zero-order chi connectivity index (χ0) is 17.9. The molecule has 4 heterocycles. The third kappa shape index (κ3) is 3.23. The second kappa shape index (κ2) is 7.09. The molecule has 26 heavy (non-hydrogen) atoms. The van der Waals surface area contributed by atoms with Crippen LogP contribution in [-0.4, -0.2) is 30.7 Å². The van der Waals surface area contributed by atoms with Crippen LogP contribution in [0.2, 0.25) is 0 Å². The molecule has 0 saturated heterocycles. The fourth-order valence-corrected chi connectivity index (χ4v) is 3.19. The van der Waals surface area contributed by atoms with Crippen LogP contribution in [-0.2, 0) is 6.42 Å². The Morgan fingerprint density at radius 2 is 2.04 bits per heavy atom. The maximum absolute atomic E-state index is 4.64. The van der Waals surface area contributed by atoms with Gasteiger partial charge in [0.15, 0.2) is 5.82 Å². The van der Waals surface area contributed by atoms with E-state index in [0.717, 1.165) is 35.8 Å². The van der Waals surface area contributed by atoms with Gasteiger partial charge in [-0.15, -0.1) is 0 Å². The van der Waals surface area contributed by atoms with E-state index >= 15 is 0 Å². The standard InChI is InChI=1S/C20H22N6/c1-15(18-13-23-26(16(18)2)19-7-3-5-10-22-19)21-11-9-17-14-25-12-6-4-8-20(25)24-17/h3-8,10,12-15,21H,9,11H2,1-2H3/t15-/m0/s1. The quantitative estimate of drug-likeness (QED) is 0.583. The van der Waals surface area contributed by atoms with Crippen molar-refractivity contribution in [3.8, 4) is 5.82 Å². The summed E-state index contributed by atoms with van der Waals surface area (Å²) in [6, 6.07) is 12.1. The van der Waals surface area contributed by atoms with Gasteiger partial charge in [-0.2, -0.15) is 5.10 Å². The Morgan fingerprint density at radius 1 is 1.15 bits per heavy atom. The van der Waals surface area contributed by atoms with Crippen molar-refractivity contribution in [2.75, 3.05) is 6.54 Å². The maximum Gasteiger partial charge on any atom is 0.153 e. The molecule has 0 aliphatic heterocycles. The molecule has 6 nitrogen and oxygen atoms in total. The average Bonchev–Trinajstić information content (AvgIpc) is 3.25. The molecular formula is C20H22N6. The van der Waals surface area contributed by atoms with E-state index in [9.17, 15) is 0 Å². The van der Waals surface area contributed by atoms with Crippen LogP contribution in [0, 0.1) is 6.92 Å². The lowest BCUT2D eigenvalue weighted by atomic mass is 10.1. The number of fused-ring (bicyclic) bond motifs is 1. The second-order valence-electron chi connectivity index (χ2n) is 6.41. The summed E-state index contributed by atoms with van der Waals surface area (Å²) in [4.78, 5) is 9.02. The van der Waals surface area contributed by atoms with Crippen LogP contribution in [0.4, 0.5) is 0 Å². The fraction of sp³-hybridized carbons (Fsp3) is 0.250. The molecule has 0 aliphatic rings. The van der Waals surface area contributed by atoms with Crippen molar-refractivity contribution in [1.82, 2.24) is 29.5 Å². The lowest BCUT2D eigenvalue weighted by Crippen LogP contribution is -2.22. The highest BCUT2D eigenvalue weighted by molar-refractivity contribution is 5.39. The SMILES string of the molecule is Cc1c([C@H](C)NCCc2cn3ccccc3n2)cnn1-c1ccccn1. The summed E-state index contributed by atoms with van der Waals surface area (Å²) < 4.78 is 3.94. The molecule has 4 rings (SSSR count). The van der Waals surface area contributed by atoms with Gasteiger partial charge in [-0.1, -0.05) is 12.1 Å². The summed E-state index contributed by atoms with van der Waals surface area (Å²) >= 11 is 0. The molecule has 0 amide bonds. The number of pyridine rings is 2. The molecule has 0 aliphatic carbocycles. The maximum atomic E-state index is 4.64. The lowest BCUT2D eigenvalue weighted by Gasteiger charge is -2.13. The molecule has 0 fully saturated rings. The minimum atomic E-state index is 0.212. The van der Waals surface area contributed by atoms with Gasteiger partial charge in [-0.25, -0.2) is 14.6 Å². The Bertz CT molecular complexity index is 969. The number of aromatic nitrogens is 5. The first-order valence-electron chi connectivity index (χ1n) is 8.84. The fourth-order valence-electron chi connectivity index (χ4n) is 3.19. The Morgan fingerprint density at radius 3 is 2.85 bits per heavy atom. The van der Waals surface area contributed by atoms with Crippen molar-refractivity contribution < 1.29 is 0 Å². The molecular weight excluding hydrogens is 324 g/mol. The van der Waals surface area contributed by atoms with Gasteiger partial charge in [0.25, 0.3) is 0 Å². The van der Waals surface area contributed by atoms with E-state index in [0.29, 0.717) is 0 Å². The molecule has 4 aromatic heterocycles. The number of rotatable bonds is 6. The highest BCUT2D eigenvalue weighted by Gasteiger charge is 2.14. The molecule has 1 N–H and O–H groups in total. The number of nitrogens with zero attached hydrogens (tertiary/aromatic N) is 5. The Labute approximate surface area is 152 Å². The number of imidazole rings is 1. The molecule has 0 saturated carbocycles. The average molecular weight is 346 g/mol. The van der Waals surface area contributed by atoms with E-state index in [1.165, 1.54) is 5.56 Å². The van der Waals surface area contributed by atoms with E-state index in [1.807, 2.05) is 53.5 Å². The van der Waals surface area contributed by atoms with Crippen LogP contribution in [0.3, 0.4) is 0 Å². The van der Waals surface area contributed by atoms with E-state index in [4.69, 9.17) is 0 Å². The number of nitrogens with one attached hydrogen (secondary N) is 1. The summed E-state index contributed by atoms with van der Waals surface area (Å²) in [5, 5.41) is 8.07. The third-order valence-electron chi connectivity index (χ3n) is 4.63. The molecule has 0 radical (unpaired) electrons. The van der Waals surface area contributed by atoms with Crippen molar-refractivity contribution in [2.45, 2.75) is 26.3 Å². The molecule has 6 heteroatoms. The predicted octanol–water partition coefficient (Wildman–Crippen LogP) is 3.12. The summed E-state index contributed by atoms with van der Waals surface area (Å²) in [7, 11) is 0. The number of hydrogen-bond acceptors (Lipinski definition) is 4. The molecule has 132 valence electrons. The van der Waals surface area contributed by atoms with Gasteiger partial charge in [0.1, 0.15) is 5.65 Å². The van der Waals surface area contributed by atoms with Crippen LogP contribution in [0.5, 0.6) is 0 Å². The van der Waals surface area contributed by atoms with Crippen molar-refractivity contribution in [1.29, 1.82) is 0 Å². The van der Waals surface area contributed by atoms with Crippen LogP contribution in [0.15, 0.2) is 61.2 Å². The Hall–Kier alpha value is -2.99. The van der Waals surface area contributed by atoms with Crippen molar-refractivity contribution in [2.24, 2.45) is 0 Å². The van der Waals surface area contributed by atoms with Crippen LogP contribution in [0.25, 0.3) is 11.5 Å². The molecule has 1 atom stereocenters. The summed E-state index contributed by atoms with van der Waals surface area (Å²) in [5.41, 5.74) is 4.38. The molecule has 0 bridgehead atoms. The van der Waals surface area contributed by atoms with Crippen molar-refractivity contribution in [3.05, 3.63) is 78.1 Å².